The second kappa shape index (κ2) is 8.49. The lowest BCUT2D eigenvalue weighted by atomic mass is 9.82. The van der Waals surface area contributed by atoms with Gasteiger partial charge in [0.05, 0.1) is 39.1 Å². The average Bonchev–Trinajstić information content (AvgIpc) is 3.63. The minimum absolute atomic E-state index is 0.109. The van der Waals surface area contributed by atoms with Gasteiger partial charge in [0.25, 0.3) is 0 Å². The molecule has 2 fully saturated rings. The van der Waals surface area contributed by atoms with Gasteiger partial charge >= 0.3 is 5.97 Å². The van der Waals surface area contributed by atoms with E-state index >= 15 is 0 Å². The van der Waals surface area contributed by atoms with Gasteiger partial charge in [-0.3, -0.25) is 4.79 Å². The lowest BCUT2D eigenvalue weighted by Crippen LogP contribution is -2.44. The Morgan fingerprint density at radius 2 is 1.81 bits per heavy atom. The van der Waals surface area contributed by atoms with Gasteiger partial charge < -0.3 is 30.0 Å². The number of carboxylic acid groups (broad SMARTS) is 1. The minimum Gasteiger partial charge on any atom is -0.493 e. The smallest absolute Gasteiger partial charge is 0.306 e. The van der Waals surface area contributed by atoms with Gasteiger partial charge in [0.1, 0.15) is 0 Å². The molecule has 0 amide bonds. The van der Waals surface area contributed by atoms with Crippen molar-refractivity contribution >= 4 is 17.6 Å². The zero-order valence-corrected chi connectivity index (χ0v) is 18.0. The van der Waals surface area contributed by atoms with Crippen LogP contribution < -0.4 is 24.8 Å². The molecule has 3 N–H and O–H groups in total. The molecule has 1 aliphatic carbocycles. The molecule has 0 radical (unpaired) electrons. The molecular weight excluding hydrogens is 400 g/mol. The first-order valence-electron chi connectivity index (χ1n) is 10.4. The lowest BCUT2D eigenvalue weighted by Gasteiger charge is -2.38. The fourth-order valence-corrected chi connectivity index (χ4v) is 4.47. The van der Waals surface area contributed by atoms with E-state index in [-0.39, 0.29) is 11.8 Å². The number of piperidine rings is 1. The number of aliphatic carboxylic acids is 1. The second-order valence-corrected chi connectivity index (χ2v) is 8.06. The van der Waals surface area contributed by atoms with Gasteiger partial charge in [-0.1, -0.05) is 0 Å². The molecule has 2 atom stereocenters. The second-order valence-electron chi connectivity index (χ2n) is 8.06. The molecule has 0 unspecified atom stereocenters. The summed E-state index contributed by atoms with van der Waals surface area (Å²) in [5.41, 5.74) is 7.56. The number of carboxylic acids is 1. The number of methoxy groups -OCH3 is 3. The van der Waals surface area contributed by atoms with E-state index in [4.69, 9.17) is 24.9 Å². The molecule has 31 heavy (non-hydrogen) atoms. The Balaban J connectivity index is 1.67. The summed E-state index contributed by atoms with van der Waals surface area (Å²) in [4.78, 5) is 23.0. The summed E-state index contributed by atoms with van der Waals surface area (Å²) in [6, 6.07) is 3.63. The summed E-state index contributed by atoms with van der Waals surface area (Å²) in [6.45, 7) is 1.21. The predicted molar refractivity (Wildman–Crippen MR) is 116 cm³/mol. The van der Waals surface area contributed by atoms with Crippen LogP contribution in [-0.4, -0.2) is 55.5 Å². The number of nitrogen functional groups attached to an aromatic ring is 1. The summed E-state index contributed by atoms with van der Waals surface area (Å²) in [7, 11) is 4.68. The molecule has 4 rings (SSSR count). The number of rotatable bonds is 7. The van der Waals surface area contributed by atoms with Gasteiger partial charge in [-0.15, -0.1) is 0 Å². The summed E-state index contributed by atoms with van der Waals surface area (Å²) in [6.07, 6.45) is 4.37. The Labute approximate surface area is 181 Å². The summed E-state index contributed by atoms with van der Waals surface area (Å²) in [5.74, 6) is 2.02. The fourth-order valence-electron chi connectivity index (χ4n) is 4.47. The fraction of sp³-hybridized carbons (Fsp3) is 0.500. The Morgan fingerprint density at radius 3 is 2.35 bits per heavy atom. The highest BCUT2D eigenvalue weighted by Crippen LogP contribution is 2.45. The average molecular weight is 428 g/mol. The predicted octanol–water partition coefficient (Wildman–Crippen LogP) is 2.69. The van der Waals surface area contributed by atoms with Crippen molar-refractivity contribution in [3.8, 4) is 28.5 Å². The largest absolute Gasteiger partial charge is 0.493 e. The molecule has 0 bridgehead atoms. The number of aromatic nitrogens is 2. The zero-order valence-electron chi connectivity index (χ0n) is 18.0. The molecule has 1 saturated carbocycles. The Morgan fingerprint density at radius 1 is 1.13 bits per heavy atom. The first-order valence-corrected chi connectivity index (χ1v) is 10.4. The van der Waals surface area contributed by atoms with Gasteiger partial charge in [0.2, 0.25) is 5.75 Å². The van der Waals surface area contributed by atoms with Crippen LogP contribution in [0.3, 0.4) is 0 Å². The summed E-state index contributed by atoms with van der Waals surface area (Å²) >= 11 is 0. The van der Waals surface area contributed by atoms with Crippen LogP contribution >= 0.6 is 0 Å². The van der Waals surface area contributed by atoms with Crippen LogP contribution in [0.5, 0.6) is 17.2 Å². The molecule has 1 aromatic carbocycles. The number of benzene rings is 1. The van der Waals surface area contributed by atoms with Gasteiger partial charge in [0.15, 0.2) is 23.1 Å². The third-order valence-electron chi connectivity index (χ3n) is 6.24. The van der Waals surface area contributed by atoms with Crippen LogP contribution in [0, 0.1) is 17.8 Å². The molecule has 0 spiro atoms. The van der Waals surface area contributed by atoms with Gasteiger partial charge in [-0.2, -0.15) is 0 Å². The summed E-state index contributed by atoms with van der Waals surface area (Å²) < 4.78 is 16.3. The van der Waals surface area contributed by atoms with Crippen molar-refractivity contribution < 1.29 is 24.1 Å². The van der Waals surface area contributed by atoms with Crippen molar-refractivity contribution in [2.24, 2.45) is 17.8 Å². The zero-order chi connectivity index (χ0) is 22.1. The molecule has 9 heteroatoms. The van der Waals surface area contributed by atoms with Gasteiger partial charge in [-0.05, 0) is 43.2 Å². The summed E-state index contributed by atoms with van der Waals surface area (Å²) in [5, 5.41) is 9.63. The number of hydrogen-bond acceptors (Lipinski definition) is 8. The Kier molecular flexibility index (Phi) is 5.75. The molecular formula is C22H28N4O5. The van der Waals surface area contributed by atoms with Crippen molar-refractivity contribution in [3.63, 3.8) is 0 Å². The van der Waals surface area contributed by atoms with Crippen LogP contribution in [0.2, 0.25) is 0 Å². The van der Waals surface area contributed by atoms with E-state index in [9.17, 15) is 9.90 Å². The van der Waals surface area contributed by atoms with E-state index in [1.165, 1.54) is 0 Å². The highest BCUT2D eigenvalue weighted by Gasteiger charge is 2.43. The quantitative estimate of drug-likeness (QED) is 0.686. The van der Waals surface area contributed by atoms with Crippen molar-refractivity contribution in [1.29, 1.82) is 0 Å². The maximum atomic E-state index is 11.7. The van der Waals surface area contributed by atoms with Crippen molar-refractivity contribution in [2.45, 2.75) is 19.3 Å². The van der Waals surface area contributed by atoms with Crippen LogP contribution in [-0.2, 0) is 4.79 Å². The SMILES string of the molecule is COc1cc(-c2cnc(N)c(N3CC[C@@H](C(=O)O)[C@@H](C4CC4)C3)n2)cc(OC)c1OC. The van der Waals surface area contributed by atoms with E-state index in [1.54, 1.807) is 27.5 Å². The van der Waals surface area contributed by atoms with Crippen LogP contribution in [0.1, 0.15) is 19.3 Å². The Bertz CT molecular complexity index is 953. The monoisotopic (exact) mass is 428 g/mol. The lowest BCUT2D eigenvalue weighted by molar-refractivity contribution is -0.144. The number of nitrogens with zero attached hydrogens (tertiary/aromatic N) is 3. The number of ether oxygens (including phenoxy) is 3. The van der Waals surface area contributed by atoms with Crippen LogP contribution in [0.25, 0.3) is 11.3 Å². The maximum Gasteiger partial charge on any atom is 0.306 e. The van der Waals surface area contributed by atoms with E-state index in [0.717, 1.165) is 18.4 Å². The van der Waals surface area contributed by atoms with Crippen LogP contribution in [0.4, 0.5) is 11.6 Å². The molecule has 2 aromatic rings. The van der Waals surface area contributed by atoms with E-state index in [1.807, 2.05) is 12.1 Å². The number of hydrogen-bond donors (Lipinski definition) is 2. The third kappa shape index (κ3) is 4.04. The highest BCUT2D eigenvalue weighted by molar-refractivity contribution is 5.73. The van der Waals surface area contributed by atoms with E-state index < -0.39 is 5.97 Å². The minimum atomic E-state index is -0.707. The third-order valence-corrected chi connectivity index (χ3v) is 6.24. The molecule has 2 aliphatic rings. The topological polar surface area (TPSA) is 120 Å². The van der Waals surface area contributed by atoms with Gasteiger partial charge in [0, 0.05) is 18.7 Å². The Hall–Kier alpha value is -3.23. The molecule has 2 heterocycles. The van der Waals surface area contributed by atoms with Crippen molar-refractivity contribution in [3.05, 3.63) is 18.3 Å². The van der Waals surface area contributed by atoms with Gasteiger partial charge in [-0.25, -0.2) is 9.97 Å². The number of nitrogens with two attached hydrogens (primary N) is 1. The van der Waals surface area contributed by atoms with Crippen LogP contribution in [0.15, 0.2) is 18.3 Å². The van der Waals surface area contributed by atoms with Crippen molar-refractivity contribution in [1.82, 2.24) is 9.97 Å². The molecule has 9 nitrogen and oxygen atoms in total. The van der Waals surface area contributed by atoms with Crippen molar-refractivity contribution in [2.75, 3.05) is 45.1 Å². The maximum absolute atomic E-state index is 11.7. The molecule has 1 aliphatic heterocycles. The first-order chi connectivity index (χ1) is 15.0. The highest BCUT2D eigenvalue weighted by atomic mass is 16.5. The molecule has 1 aromatic heterocycles. The normalized spacial score (nSPS) is 20.9. The van der Waals surface area contributed by atoms with E-state index in [2.05, 4.69) is 9.88 Å². The number of anilines is 2. The standard InChI is InChI=1S/C22H28N4O5/c1-29-17-8-13(9-18(30-2)19(17)31-3)16-10-24-20(23)21(25-16)26-7-6-14(22(27)28)15(11-26)12-4-5-12/h8-10,12,14-15H,4-7,11H2,1-3H3,(H2,23,24)(H,27,28)/t14-,15-/m1/s1. The molecule has 166 valence electrons. The first kappa shape index (κ1) is 21.0. The van der Waals surface area contributed by atoms with E-state index in [0.29, 0.717) is 60.0 Å². The molecule has 1 saturated heterocycles. The number of carbonyl (C=O) groups is 1.